The van der Waals surface area contributed by atoms with Crippen LogP contribution >= 0.6 is 0 Å². The van der Waals surface area contributed by atoms with Crippen molar-refractivity contribution in [2.45, 2.75) is 52.6 Å². The van der Waals surface area contributed by atoms with Gasteiger partial charge in [0.25, 0.3) is 0 Å². The predicted molar refractivity (Wildman–Crippen MR) is 91.9 cm³/mol. The molecular formula is C18H24N4. The second-order valence-electron chi connectivity index (χ2n) is 7.12. The van der Waals surface area contributed by atoms with Crippen LogP contribution in [0.1, 0.15) is 39.0 Å². The first kappa shape index (κ1) is 14.8. The van der Waals surface area contributed by atoms with E-state index in [0.29, 0.717) is 12.0 Å². The summed E-state index contributed by atoms with van der Waals surface area (Å²) in [6.45, 7) is 10.6. The third-order valence-corrected chi connectivity index (χ3v) is 3.78. The van der Waals surface area contributed by atoms with Gasteiger partial charge in [0, 0.05) is 29.0 Å². The lowest BCUT2D eigenvalue weighted by Crippen LogP contribution is -2.29. The number of para-hydroxylation sites is 1. The predicted octanol–water partition coefficient (Wildman–Crippen LogP) is 4.08. The molecule has 0 fully saturated rings. The molecule has 0 radical (unpaired) electrons. The van der Waals surface area contributed by atoms with E-state index in [2.05, 4.69) is 73.2 Å². The summed E-state index contributed by atoms with van der Waals surface area (Å²) < 4.78 is 0. The maximum absolute atomic E-state index is 4.75. The third kappa shape index (κ3) is 2.91. The maximum atomic E-state index is 4.75. The van der Waals surface area contributed by atoms with Crippen molar-refractivity contribution in [3.63, 3.8) is 0 Å². The van der Waals surface area contributed by atoms with Gasteiger partial charge >= 0.3 is 0 Å². The molecule has 1 aromatic carbocycles. The maximum Gasteiger partial charge on any atom is 0.225 e. The normalized spacial score (nSPS) is 17.5. The Hall–Kier alpha value is -2.10. The minimum Gasteiger partial charge on any atom is -0.350 e. The highest BCUT2D eigenvalue weighted by molar-refractivity contribution is 5.69. The van der Waals surface area contributed by atoms with Crippen molar-refractivity contribution < 1.29 is 0 Å². The molecule has 4 heteroatoms. The Morgan fingerprint density at radius 1 is 1.18 bits per heavy atom. The Morgan fingerprint density at radius 2 is 1.91 bits per heavy atom. The number of aryl methyl sites for hydroxylation is 1. The van der Waals surface area contributed by atoms with Crippen molar-refractivity contribution >= 4 is 17.5 Å². The molecule has 0 saturated heterocycles. The smallest absolute Gasteiger partial charge is 0.225 e. The van der Waals surface area contributed by atoms with Crippen LogP contribution < -0.4 is 10.2 Å². The Bertz CT molecular complexity index is 688. The minimum absolute atomic E-state index is 0.0560. The van der Waals surface area contributed by atoms with E-state index in [1.165, 1.54) is 11.3 Å². The fourth-order valence-electron chi connectivity index (χ4n) is 2.98. The van der Waals surface area contributed by atoms with E-state index in [4.69, 9.17) is 4.98 Å². The lowest BCUT2D eigenvalue weighted by molar-refractivity contribution is 0.625. The number of hydrogen-bond donors (Lipinski definition) is 1. The van der Waals surface area contributed by atoms with E-state index in [-0.39, 0.29) is 5.54 Å². The topological polar surface area (TPSA) is 41.1 Å². The summed E-state index contributed by atoms with van der Waals surface area (Å²) in [7, 11) is 0. The number of fused-ring (bicyclic) bond motifs is 1. The van der Waals surface area contributed by atoms with Crippen molar-refractivity contribution in [2.24, 2.45) is 0 Å². The first-order valence-corrected chi connectivity index (χ1v) is 7.84. The van der Waals surface area contributed by atoms with Gasteiger partial charge in [-0.3, -0.25) is 0 Å². The summed E-state index contributed by atoms with van der Waals surface area (Å²) in [4.78, 5) is 11.6. The number of benzene rings is 1. The second-order valence-corrected chi connectivity index (χ2v) is 7.12. The van der Waals surface area contributed by atoms with Crippen molar-refractivity contribution in [3.05, 3.63) is 41.6 Å². The van der Waals surface area contributed by atoms with Crippen LogP contribution in [0.3, 0.4) is 0 Å². The zero-order chi connectivity index (χ0) is 15.9. The fourth-order valence-corrected chi connectivity index (χ4v) is 2.98. The summed E-state index contributed by atoms with van der Waals surface area (Å²) in [5.74, 6) is 1.66. The Morgan fingerprint density at radius 3 is 2.64 bits per heavy atom. The molecule has 0 spiro atoms. The van der Waals surface area contributed by atoms with E-state index in [9.17, 15) is 0 Å². The van der Waals surface area contributed by atoms with Gasteiger partial charge in [-0.15, -0.1) is 0 Å². The molecule has 0 amide bonds. The van der Waals surface area contributed by atoms with Crippen LogP contribution in [0, 0.1) is 6.92 Å². The summed E-state index contributed by atoms with van der Waals surface area (Å²) >= 11 is 0. The number of hydrogen-bond acceptors (Lipinski definition) is 4. The van der Waals surface area contributed by atoms with Gasteiger partial charge in [0.15, 0.2) is 0 Å². The van der Waals surface area contributed by atoms with Crippen molar-refractivity contribution in [1.82, 2.24) is 9.97 Å². The van der Waals surface area contributed by atoms with Crippen molar-refractivity contribution in [2.75, 3.05) is 10.2 Å². The molecule has 4 nitrogen and oxygen atoms in total. The van der Waals surface area contributed by atoms with Crippen LogP contribution in [0.15, 0.2) is 30.3 Å². The molecule has 2 aromatic rings. The average molecular weight is 296 g/mol. The molecular weight excluding hydrogens is 272 g/mol. The first-order valence-electron chi connectivity index (χ1n) is 7.84. The summed E-state index contributed by atoms with van der Waals surface area (Å²) in [6, 6.07) is 11.0. The van der Waals surface area contributed by atoms with Crippen LogP contribution in [0.2, 0.25) is 0 Å². The highest BCUT2D eigenvalue weighted by Gasteiger charge is 2.28. The second kappa shape index (κ2) is 5.27. The molecule has 1 aliphatic rings. The van der Waals surface area contributed by atoms with E-state index >= 15 is 0 Å². The Labute approximate surface area is 132 Å². The number of nitrogens with zero attached hydrogens (tertiary/aromatic N) is 3. The van der Waals surface area contributed by atoms with E-state index < -0.39 is 0 Å². The number of aromatic nitrogens is 2. The molecule has 3 rings (SSSR count). The Kier molecular flexibility index (Phi) is 3.55. The van der Waals surface area contributed by atoms with Gasteiger partial charge < -0.3 is 10.2 Å². The highest BCUT2D eigenvalue weighted by atomic mass is 15.3. The Balaban J connectivity index is 2.02. The van der Waals surface area contributed by atoms with Crippen molar-refractivity contribution in [1.29, 1.82) is 0 Å². The molecule has 0 saturated carbocycles. The van der Waals surface area contributed by atoms with E-state index in [1.54, 1.807) is 0 Å². The van der Waals surface area contributed by atoms with Crippen LogP contribution in [-0.2, 0) is 6.42 Å². The quantitative estimate of drug-likeness (QED) is 0.906. The van der Waals surface area contributed by atoms with E-state index in [0.717, 1.165) is 17.9 Å². The summed E-state index contributed by atoms with van der Waals surface area (Å²) in [6.07, 6.45) is 1.06. The average Bonchev–Trinajstić information content (AvgIpc) is 2.71. The lowest BCUT2D eigenvalue weighted by atomic mass is 10.1. The third-order valence-electron chi connectivity index (χ3n) is 3.78. The molecule has 1 aromatic heterocycles. The zero-order valence-corrected chi connectivity index (χ0v) is 14.0. The molecule has 1 N–H and O–H groups in total. The first-order chi connectivity index (χ1) is 10.3. The monoisotopic (exact) mass is 296 g/mol. The van der Waals surface area contributed by atoms with Gasteiger partial charge in [-0.1, -0.05) is 18.2 Å². The molecule has 22 heavy (non-hydrogen) atoms. The van der Waals surface area contributed by atoms with E-state index in [1.807, 2.05) is 6.92 Å². The molecule has 0 aliphatic carbocycles. The van der Waals surface area contributed by atoms with Gasteiger partial charge in [0.05, 0.1) is 0 Å². The van der Waals surface area contributed by atoms with Crippen molar-refractivity contribution in [3.8, 4) is 0 Å². The molecule has 0 bridgehead atoms. The van der Waals surface area contributed by atoms with Gasteiger partial charge in [-0.2, -0.15) is 4.98 Å². The standard InChI is InChI=1S/C18H24N4/c1-12-10-16(20-17(19-12)21-18(3,4)5)22-13(2)11-14-8-6-7-9-15(14)22/h6-10,13H,11H2,1-5H3,(H,19,20,21). The SMILES string of the molecule is Cc1cc(N2c3ccccc3CC2C)nc(NC(C)(C)C)n1. The number of anilines is 3. The van der Waals surface area contributed by atoms with Gasteiger partial charge in [-0.25, -0.2) is 4.98 Å². The van der Waals surface area contributed by atoms with Gasteiger partial charge in [0.1, 0.15) is 5.82 Å². The number of nitrogens with one attached hydrogen (secondary N) is 1. The van der Waals surface area contributed by atoms with Crippen LogP contribution in [0.4, 0.5) is 17.5 Å². The summed E-state index contributed by atoms with van der Waals surface area (Å²) in [5, 5.41) is 3.38. The zero-order valence-electron chi connectivity index (χ0n) is 14.0. The highest BCUT2D eigenvalue weighted by Crippen LogP contribution is 2.37. The minimum atomic E-state index is -0.0560. The van der Waals surface area contributed by atoms with Crippen LogP contribution in [-0.4, -0.2) is 21.5 Å². The molecule has 2 heterocycles. The van der Waals surface area contributed by atoms with Gasteiger partial charge in [-0.05, 0) is 52.7 Å². The number of rotatable bonds is 2. The summed E-state index contributed by atoms with van der Waals surface area (Å²) in [5.41, 5.74) is 3.57. The lowest BCUT2D eigenvalue weighted by Gasteiger charge is -2.26. The van der Waals surface area contributed by atoms with Crippen LogP contribution in [0.5, 0.6) is 0 Å². The van der Waals surface area contributed by atoms with Crippen LogP contribution in [0.25, 0.3) is 0 Å². The fraction of sp³-hybridized carbons (Fsp3) is 0.444. The van der Waals surface area contributed by atoms with Gasteiger partial charge in [0.2, 0.25) is 5.95 Å². The molecule has 1 aliphatic heterocycles. The largest absolute Gasteiger partial charge is 0.350 e. The molecule has 116 valence electrons. The molecule has 1 unspecified atom stereocenters. The molecule has 1 atom stereocenters.